The molecule has 2 saturated heterocycles. The molecule has 0 spiro atoms. The fourth-order valence-electron chi connectivity index (χ4n) is 4.08. The minimum Gasteiger partial charge on any atom is -0.333 e. The van der Waals surface area contributed by atoms with Crippen LogP contribution in [0.15, 0.2) is 60.7 Å². The second-order valence-electron chi connectivity index (χ2n) is 7.69. The lowest BCUT2D eigenvalue weighted by Crippen LogP contribution is -2.47. The molecule has 9 heteroatoms. The first-order chi connectivity index (χ1) is 15.4. The highest BCUT2D eigenvalue weighted by atomic mass is 16.2. The summed E-state index contributed by atoms with van der Waals surface area (Å²) in [6.07, 6.45) is 1.05. The van der Waals surface area contributed by atoms with Crippen LogP contribution < -0.4 is 10.6 Å². The van der Waals surface area contributed by atoms with Crippen molar-refractivity contribution in [2.24, 2.45) is 0 Å². The normalized spacial score (nSPS) is 17.4. The second kappa shape index (κ2) is 8.62. The Balaban J connectivity index is 1.52. The average molecular weight is 434 g/mol. The highest BCUT2D eigenvalue weighted by Gasteiger charge is 2.54. The van der Waals surface area contributed by atoms with E-state index in [9.17, 15) is 24.0 Å². The van der Waals surface area contributed by atoms with Crippen LogP contribution in [0.2, 0.25) is 0 Å². The molecule has 0 aromatic heterocycles. The Kier molecular flexibility index (Phi) is 5.72. The van der Waals surface area contributed by atoms with Gasteiger partial charge in [0.05, 0.1) is 6.54 Å². The molecule has 2 aromatic carbocycles. The topological polar surface area (TPSA) is 116 Å². The predicted molar refractivity (Wildman–Crippen MR) is 113 cm³/mol. The summed E-state index contributed by atoms with van der Waals surface area (Å²) in [5, 5.41) is 4.90. The number of urea groups is 1. The molecule has 4 rings (SSSR count). The van der Waals surface area contributed by atoms with E-state index in [2.05, 4.69) is 10.6 Å². The van der Waals surface area contributed by atoms with Crippen molar-refractivity contribution in [2.75, 3.05) is 19.6 Å². The van der Waals surface area contributed by atoms with Gasteiger partial charge >= 0.3 is 6.03 Å². The van der Waals surface area contributed by atoms with Crippen molar-refractivity contribution in [2.45, 2.75) is 18.4 Å². The van der Waals surface area contributed by atoms with Gasteiger partial charge in [0.25, 0.3) is 5.91 Å². The molecule has 2 N–H and O–H groups in total. The Hall–Kier alpha value is -4.01. The maximum absolute atomic E-state index is 13.5. The largest absolute Gasteiger partial charge is 0.333 e. The van der Waals surface area contributed by atoms with Crippen molar-refractivity contribution in [1.29, 1.82) is 0 Å². The van der Waals surface area contributed by atoms with E-state index in [0.29, 0.717) is 30.5 Å². The molecule has 9 nitrogen and oxygen atoms in total. The number of carbonyl (C=O) groups is 5. The Morgan fingerprint density at radius 3 is 1.97 bits per heavy atom. The lowest BCUT2D eigenvalue weighted by Gasteiger charge is -2.28. The molecule has 0 bridgehead atoms. The van der Waals surface area contributed by atoms with Crippen molar-refractivity contribution in [3.05, 3.63) is 71.8 Å². The van der Waals surface area contributed by atoms with Crippen LogP contribution in [0.3, 0.4) is 0 Å². The molecule has 2 fully saturated rings. The van der Waals surface area contributed by atoms with Crippen LogP contribution in [0, 0.1) is 0 Å². The van der Waals surface area contributed by atoms with Gasteiger partial charge in [-0.15, -0.1) is 0 Å². The third kappa shape index (κ3) is 3.84. The number of amides is 6. The molecule has 0 saturated carbocycles. The first kappa shape index (κ1) is 21.2. The minimum atomic E-state index is -1.48. The predicted octanol–water partition coefficient (Wildman–Crippen LogP) is 0.747. The van der Waals surface area contributed by atoms with Crippen LogP contribution in [-0.2, 0) is 24.7 Å². The average Bonchev–Trinajstić information content (AvgIpc) is 3.30. The van der Waals surface area contributed by atoms with Gasteiger partial charge in [0.2, 0.25) is 17.7 Å². The molecule has 164 valence electrons. The van der Waals surface area contributed by atoms with Crippen LogP contribution in [0.1, 0.15) is 24.0 Å². The van der Waals surface area contributed by atoms with Gasteiger partial charge in [-0.1, -0.05) is 60.7 Å². The fraction of sp³-hybridized carbons (Fsp3) is 0.261. The molecule has 32 heavy (non-hydrogen) atoms. The van der Waals surface area contributed by atoms with Gasteiger partial charge < -0.3 is 10.2 Å². The van der Waals surface area contributed by atoms with Crippen LogP contribution in [0.5, 0.6) is 0 Å². The number of nitrogens with one attached hydrogen (secondary N) is 2. The van der Waals surface area contributed by atoms with Crippen molar-refractivity contribution < 1.29 is 24.0 Å². The van der Waals surface area contributed by atoms with Crippen LogP contribution in [0.4, 0.5) is 4.79 Å². The zero-order chi connectivity index (χ0) is 22.7. The lowest BCUT2D eigenvalue weighted by atomic mass is 9.82. The molecular formula is C23H22N4O5. The first-order valence-electron chi connectivity index (χ1n) is 10.3. The Morgan fingerprint density at radius 2 is 1.44 bits per heavy atom. The van der Waals surface area contributed by atoms with Crippen LogP contribution in [-0.4, -0.2) is 59.1 Å². The molecule has 0 atom stereocenters. The van der Waals surface area contributed by atoms with Crippen molar-refractivity contribution in [3.63, 3.8) is 0 Å². The van der Waals surface area contributed by atoms with Crippen molar-refractivity contribution >= 4 is 29.7 Å². The summed E-state index contributed by atoms with van der Waals surface area (Å²) < 4.78 is 0. The molecule has 2 aromatic rings. The number of imide groups is 2. The molecule has 0 radical (unpaired) electrons. The van der Waals surface area contributed by atoms with E-state index in [1.54, 1.807) is 60.7 Å². The van der Waals surface area contributed by atoms with E-state index in [1.807, 2.05) is 0 Å². The monoisotopic (exact) mass is 434 g/mol. The Bertz CT molecular complexity index is 1030. The number of benzene rings is 2. The van der Waals surface area contributed by atoms with Crippen molar-refractivity contribution in [3.8, 4) is 0 Å². The molecule has 2 aliphatic heterocycles. The molecule has 0 unspecified atom stereocenters. The van der Waals surface area contributed by atoms with Gasteiger partial charge in [-0.25, -0.2) is 4.79 Å². The van der Waals surface area contributed by atoms with E-state index in [4.69, 9.17) is 0 Å². The van der Waals surface area contributed by atoms with Gasteiger partial charge in [0, 0.05) is 13.0 Å². The van der Waals surface area contributed by atoms with Crippen LogP contribution in [0.25, 0.3) is 0 Å². The number of rotatable bonds is 6. The van der Waals surface area contributed by atoms with Gasteiger partial charge in [-0.2, -0.15) is 0 Å². The minimum absolute atomic E-state index is 0.141. The number of hydrogen-bond donors (Lipinski definition) is 2. The second-order valence-corrected chi connectivity index (χ2v) is 7.69. The zero-order valence-corrected chi connectivity index (χ0v) is 17.2. The number of hydrogen-bond acceptors (Lipinski definition) is 5. The highest BCUT2D eigenvalue weighted by molar-refractivity contribution is 6.12. The third-order valence-corrected chi connectivity index (χ3v) is 5.61. The van der Waals surface area contributed by atoms with E-state index < -0.39 is 35.8 Å². The summed E-state index contributed by atoms with van der Waals surface area (Å²) >= 11 is 0. The van der Waals surface area contributed by atoms with Crippen LogP contribution >= 0.6 is 0 Å². The van der Waals surface area contributed by atoms with Gasteiger partial charge in [-0.3, -0.25) is 29.4 Å². The summed E-state index contributed by atoms with van der Waals surface area (Å²) in [4.78, 5) is 64.7. The highest BCUT2D eigenvalue weighted by Crippen LogP contribution is 2.35. The number of nitrogens with zero attached hydrogens (tertiary/aromatic N) is 2. The maximum atomic E-state index is 13.5. The molecule has 2 aliphatic rings. The standard InChI is InChI=1S/C23H22N4O5/c28-18(14-26-13-7-12-20(26)30)24-19(29)15-27-21(31)23(25-22(27)32,16-8-3-1-4-9-16)17-10-5-2-6-11-17/h1-6,8-11H,7,12-15H2,(H,25,32)(H,24,28,29). The third-order valence-electron chi connectivity index (χ3n) is 5.61. The summed E-state index contributed by atoms with van der Waals surface area (Å²) in [5.74, 6) is -2.22. The fourth-order valence-corrected chi connectivity index (χ4v) is 4.08. The first-order valence-corrected chi connectivity index (χ1v) is 10.3. The van der Waals surface area contributed by atoms with Gasteiger partial charge in [-0.05, 0) is 17.5 Å². The molecule has 0 aliphatic carbocycles. The molecule has 6 amide bonds. The zero-order valence-electron chi connectivity index (χ0n) is 17.2. The van der Waals surface area contributed by atoms with Crippen molar-refractivity contribution in [1.82, 2.24) is 20.4 Å². The van der Waals surface area contributed by atoms with Gasteiger partial charge in [0.15, 0.2) is 5.54 Å². The number of likely N-dealkylation sites (tertiary alicyclic amines) is 1. The maximum Gasteiger partial charge on any atom is 0.326 e. The summed E-state index contributed by atoms with van der Waals surface area (Å²) in [5.41, 5.74) is -0.376. The molecular weight excluding hydrogens is 412 g/mol. The van der Waals surface area contributed by atoms with E-state index in [1.165, 1.54) is 4.90 Å². The van der Waals surface area contributed by atoms with E-state index in [0.717, 1.165) is 4.90 Å². The summed E-state index contributed by atoms with van der Waals surface area (Å²) in [6, 6.07) is 16.8. The molecule has 2 heterocycles. The summed E-state index contributed by atoms with van der Waals surface area (Å²) in [7, 11) is 0. The lowest BCUT2D eigenvalue weighted by molar-refractivity contribution is -0.138. The smallest absolute Gasteiger partial charge is 0.326 e. The Morgan fingerprint density at radius 1 is 0.875 bits per heavy atom. The van der Waals surface area contributed by atoms with Gasteiger partial charge in [0.1, 0.15) is 6.54 Å². The van der Waals surface area contributed by atoms with E-state index in [-0.39, 0.29) is 12.5 Å². The van der Waals surface area contributed by atoms with E-state index >= 15 is 0 Å². The SMILES string of the molecule is O=C(CN1CCCC1=O)NC(=O)CN1C(=O)NC(c2ccccc2)(c2ccccc2)C1=O. The quantitative estimate of drug-likeness (QED) is 0.651. The Labute approximate surface area is 184 Å². The number of carbonyl (C=O) groups excluding carboxylic acids is 5. The summed E-state index contributed by atoms with van der Waals surface area (Å²) in [6.45, 7) is -0.390.